The molecule has 5 atom stereocenters. The van der Waals surface area contributed by atoms with Crippen LogP contribution >= 0.6 is 50.7 Å². The van der Waals surface area contributed by atoms with E-state index in [-0.39, 0.29) is 18.7 Å². The third-order valence-corrected chi connectivity index (χ3v) is 6.67. The lowest BCUT2D eigenvalue weighted by molar-refractivity contribution is -0.164. The van der Waals surface area contributed by atoms with E-state index < -0.39 is 62.8 Å². The Hall–Kier alpha value is -1.70. The Morgan fingerprint density at radius 1 is 1.31 bits per heavy atom. The molecule has 5 unspecified atom stereocenters. The normalized spacial score (nSPS) is 19.9. The lowest BCUT2D eigenvalue weighted by atomic mass is 9.98. The molecule has 1 aromatic rings. The van der Waals surface area contributed by atoms with Gasteiger partial charge >= 0.3 is 5.97 Å². The van der Waals surface area contributed by atoms with Crippen molar-refractivity contribution >= 4 is 86.1 Å². The highest BCUT2D eigenvalue weighted by molar-refractivity contribution is 9.09. The summed E-state index contributed by atoms with van der Waals surface area (Å²) in [7, 11) is 0. The van der Waals surface area contributed by atoms with Crippen molar-refractivity contribution in [2.45, 2.75) is 34.3 Å². The van der Waals surface area contributed by atoms with Gasteiger partial charge in [-0.3, -0.25) is 18.6 Å². The molecule has 0 spiro atoms. The van der Waals surface area contributed by atoms with E-state index in [1.54, 1.807) is 30.3 Å². The molecule has 1 heterocycles. The molecule has 2 rings (SSSR count). The highest BCUT2D eigenvalue weighted by atomic mass is 79.9. The summed E-state index contributed by atoms with van der Waals surface area (Å²) in [6.07, 6.45) is -1.38. The minimum atomic E-state index is -2.19. The largest absolute Gasteiger partial charge is 0.459 e. The van der Waals surface area contributed by atoms with Gasteiger partial charge in [0.25, 0.3) is 18.3 Å². The lowest BCUT2D eigenvalue weighted by Gasteiger charge is -2.48. The number of likely N-dealkylation sites (tertiary alicyclic amines) is 1. The monoisotopic (exact) mass is 646 g/mol. The van der Waals surface area contributed by atoms with Gasteiger partial charge in [-0.1, -0.05) is 87.6 Å². The van der Waals surface area contributed by atoms with Crippen molar-refractivity contribution in [3.05, 3.63) is 48.0 Å². The third kappa shape index (κ3) is 7.90. The Kier molecular flexibility index (Phi) is 11.6. The average Bonchev–Trinajstić information content (AvgIpc) is 2.82. The Morgan fingerprint density at radius 2 is 1.94 bits per heavy atom. The molecule has 0 saturated carbocycles. The maximum Gasteiger partial charge on any atom is 0.333 e. The van der Waals surface area contributed by atoms with Gasteiger partial charge in [0, 0.05) is 10.9 Å². The Morgan fingerprint density at radius 3 is 2.47 bits per heavy atom. The number of alkyl halides is 4. The highest BCUT2D eigenvalue weighted by Gasteiger charge is 2.57. The van der Waals surface area contributed by atoms with E-state index in [1.807, 2.05) is 0 Å². The van der Waals surface area contributed by atoms with Gasteiger partial charge in [0.1, 0.15) is 12.6 Å². The zero-order valence-corrected chi connectivity index (χ0v) is 23.4. The number of β-lactam (4-membered cyclic amide) rings is 1. The van der Waals surface area contributed by atoms with E-state index in [2.05, 4.69) is 27.8 Å². The zero-order chi connectivity index (χ0) is 27.0. The van der Waals surface area contributed by atoms with Crippen molar-refractivity contribution in [3.8, 4) is 0 Å². The summed E-state index contributed by atoms with van der Waals surface area (Å²) in [5.41, 5.74) is 0.505. The summed E-state index contributed by atoms with van der Waals surface area (Å²) in [5, 5.41) is 1.45. The number of halogens is 4. The number of hydrogen-bond acceptors (Lipinski definition) is 8. The van der Waals surface area contributed by atoms with Gasteiger partial charge < -0.3 is 19.7 Å². The molecule has 10 nitrogen and oxygen atoms in total. The number of benzene rings is 1. The number of ether oxygens (including phenoxy) is 2. The van der Waals surface area contributed by atoms with Crippen molar-refractivity contribution in [2.75, 3.05) is 18.5 Å². The van der Waals surface area contributed by atoms with Crippen LogP contribution in [0.1, 0.15) is 18.6 Å². The number of carbonyl (C=O) groups excluding carboxylic acids is 4. The van der Waals surface area contributed by atoms with Crippen LogP contribution in [-0.4, -0.2) is 73.2 Å². The number of esters is 1. The van der Waals surface area contributed by atoms with E-state index >= 15 is 0 Å². The van der Waals surface area contributed by atoms with Crippen LogP contribution in [0.3, 0.4) is 0 Å². The smallest absolute Gasteiger partial charge is 0.333 e. The fourth-order valence-corrected chi connectivity index (χ4v) is 5.01. The van der Waals surface area contributed by atoms with Crippen LogP contribution in [0.5, 0.6) is 0 Å². The van der Waals surface area contributed by atoms with Crippen molar-refractivity contribution < 1.29 is 37.0 Å². The van der Waals surface area contributed by atoms with E-state index in [4.69, 9.17) is 48.5 Å². The minimum Gasteiger partial charge on any atom is -0.459 e. The molecule has 0 aromatic heterocycles. The lowest BCUT2D eigenvalue weighted by Crippen LogP contribution is -2.75. The maximum atomic E-state index is 13.1. The molecule has 1 aromatic carbocycles. The molecule has 2 amide bonds. The summed E-state index contributed by atoms with van der Waals surface area (Å²) < 4.78 is 26.2. The Bertz CT molecular complexity index is 1010. The number of rotatable bonds is 13. The summed E-state index contributed by atoms with van der Waals surface area (Å²) in [6, 6.07) is 5.28. The average molecular weight is 649 g/mol. The van der Waals surface area contributed by atoms with Crippen LogP contribution in [0, 0.1) is 0 Å². The molecule has 1 fully saturated rings. The first-order chi connectivity index (χ1) is 16.9. The van der Waals surface area contributed by atoms with E-state index in [0.29, 0.717) is 10.9 Å². The first kappa shape index (κ1) is 30.5. The molecule has 0 aliphatic carbocycles. The standard InChI is InChI=1S/C21H22BrCl3N2O8S/c1-12(2)15(20(31)33-10-21(23,24)25)27-18(30)14(19(27)36(32)35-9-8-22)26-17(29)16(34-11-28)13-6-4-3-5-7-13/h3-7,11,14-16,19H,1,8-10H2,2H3,(H,26,29). The molecule has 1 aliphatic heterocycles. The van der Waals surface area contributed by atoms with Gasteiger partial charge in [-0.15, -0.1) is 0 Å². The third-order valence-electron chi connectivity index (χ3n) is 4.73. The van der Waals surface area contributed by atoms with Crippen molar-refractivity contribution in [1.29, 1.82) is 0 Å². The topological polar surface area (TPSA) is 128 Å². The van der Waals surface area contributed by atoms with Gasteiger partial charge in [-0.2, -0.15) is 0 Å². The van der Waals surface area contributed by atoms with Crippen LogP contribution in [0.15, 0.2) is 42.5 Å². The molecule has 0 bridgehead atoms. The van der Waals surface area contributed by atoms with Crippen molar-refractivity contribution in [1.82, 2.24) is 10.2 Å². The number of nitrogens with zero attached hydrogens (tertiary/aromatic N) is 1. The SMILES string of the molecule is C=C(C)C(C(=O)OCC(Cl)(Cl)Cl)N1C(=O)C(NC(=O)C(OC=O)c2ccccc2)C1S(=O)OCCBr. The summed E-state index contributed by atoms with van der Waals surface area (Å²) >= 11 is 17.9. The fourth-order valence-electron chi connectivity index (χ4n) is 3.27. The van der Waals surface area contributed by atoms with Crippen LogP contribution in [-0.2, 0) is 43.9 Å². The maximum absolute atomic E-state index is 13.1. The highest BCUT2D eigenvalue weighted by Crippen LogP contribution is 2.32. The van der Waals surface area contributed by atoms with Gasteiger partial charge in [-0.25, -0.2) is 9.00 Å². The first-order valence-corrected chi connectivity index (χ1v) is 13.6. The molecule has 0 radical (unpaired) electrons. The quantitative estimate of drug-likeness (QED) is 0.114. The van der Waals surface area contributed by atoms with Crippen LogP contribution in [0.4, 0.5) is 0 Å². The zero-order valence-electron chi connectivity index (χ0n) is 18.7. The minimum absolute atomic E-state index is 0.00213. The van der Waals surface area contributed by atoms with Gasteiger partial charge in [0.15, 0.2) is 22.5 Å². The molecule has 198 valence electrons. The molecule has 36 heavy (non-hydrogen) atoms. The summed E-state index contributed by atoms with van der Waals surface area (Å²) in [6.45, 7) is 4.64. The fraction of sp³-hybridized carbons (Fsp3) is 0.429. The summed E-state index contributed by atoms with van der Waals surface area (Å²) in [5.74, 6) is -2.61. The van der Waals surface area contributed by atoms with E-state index in [1.165, 1.54) is 6.92 Å². The molecule has 15 heteroatoms. The number of hydrogen-bond donors (Lipinski definition) is 1. The second kappa shape index (κ2) is 13.7. The van der Waals surface area contributed by atoms with Crippen LogP contribution in [0.25, 0.3) is 0 Å². The van der Waals surface area contributed by atoms with Crippen molar-refractivity contribution in [3.63, 3.8) is 0 Å². The predicted octanol–water partition coefficient (Wildman–Crippen LogP) is 2.49. The molecule has 1 saturated heterocycles. The number of carbonyl (C=O) groups is 4. The Balaban J connectivity index is 2.32. The van der Waals surface area contributed by atoms with Gasteiger partial charge in [0.05, 0.1) is 6.61 Å². The van der Waals surface area contributed by atoms with E-state index in [9.17, 15) is 23.4 Å². The second-order valence-corrected chi connectivity index (χ2v) is 11.9. The summed E-state index contributed by atoms with van der Waals surface area (Å²) in [4.78, 5) is 50.8. The number of nitrogens with one attached hydrogen (secondary N) is 1. The second-order valence-electron chi connectivity index (χ2n) is 7.39. The Labute approximate surface area is 233 Å². The van der Waals surface area contributed by atoms with E-state index in [0.717, 1.165) is 4.90 Å². The van der Waals surface area contributed by atoms with Crippen LogP contribution < -0.4 is 5.32 Å². The van der Waals surface area contributed by atoms with Crippen LogP contribution in [0.2, 0.25) is 0 Å². The molecule has 1 aliphatic rings. The van der Waals surface area contributed by atoms with Gasteiger partial charge in [0.2, 0.25) is 9.90 Å². The first-order valence-electron chi connectivity index (χ1n) is 10.2. The number of amides is 2. The molecule has 1 N–H and O–H groups in total. The van der Waals surface area contributed by atoms with Crippen molar-refractivity contribution in [2.24, 2.45) is 0 Å². The predicted molar refractivity (Wildman–Crippen MR) is 137 cm³/mol. The van der Waals surface area contributed by atoms with Gasteiger partial charge in [-0.05, 0) is 12.5 Å². The molecular formula is C21H22BrCl3N2O8S. The molecular weight excluding hydrogens is 627 g/mol.